The van der Waals surface area contributed by atoms with Crippen molar-refractivity contribution in [3.8, 4) is 0 Å². The van der Waals surface area contributed by atoms with Gasteiger partial charge in [-0.25, -0.2) is 5.01 Å². The number of nitrogens with zero attached hydrogens (tertiary/aromatic N) is 2. The van der Waals surface area contributed by atoms with Crippen LogP contribution in [0.15, 0.2) is 64.2 Å². The molecular weight excluding hydrogens is 418 g/mol. The monoisotopic (exact) mass is 441 g/mol. The highest BCUT2D eigenvalue weighted by Gasteiger charge is 2.22. The number of nitrogens with one attached hydrogen (secondary N) is 1. The summed E-state index contributed by atoms with van der Waals surface area (Å²) in [5.74, 6) is -0.217. The van der Waals surface area contributed by atoms with Crippen molar-refractivity contribution in [1.82, 2.24) is 10.3 Å². The lowest BCUT2D eigenvalue weighted by molar-refractivity contribution is -0.133. The summed E-state index contributed by atoms with van der Waals surface area (Å²) >= 11 is 3.42. The Balaban J connectivity index is 1.43. The first kappa shape index (κ1) is 20.3. The van der Waals surface area contributed by atoms with Crippen molar-refractivity contribution in [3.63, 3.8) is 0 Å². The molecule has 1 atom stereocenters. The first-order chi connectivity index (χ1) is 13.5. The molecule has 6 heteroatoms. The fourth-order valence-electron chi connectivity index (χ4n) is 3.19. The number of hydrazone groups is 1. The first-order valence-electron chi connectivity index (χ1n) is 9.48. The molecule has 1 aliphatic heterocycles. The normalized spacial score (nSPS) is 14.5. The van der Waals surface area contributed by atoms with Crippen LogP contribution in [-0.4, -0.2) is 35.1 Å². The van der Waals surface area contributed by atoms with Gasteiger partial charge in [-0.2, -0.15) is 5.10 Å². The summed E-state index contributed by atoms with van der Waals surface area (Å²) in [4.78, 5) is 24.5. The summed E-state index contributed by atoms with van der Waals surface area (Å²) in [5.41, 5.74) is 3.12. The molecule has 3 rings (SSSR count). The second-order valence-corrected chi connectivity index (χ2v) is 7.89. The Kier molecular flexibility index (Phi) is 6.98. The topological polar surface area (TPSA) is 61.8 Å². The Morgan fingerprint density at radius 1 is 1.11 bits per heavy atom. The number of amides is 2. The number of rotatable bonds is 7. The fraction of sp³-hybridized carbons (Fsp3) is 0.318. The van der Waals surface area contributed by atoms with Crippen molar-refractivity contribution in [2.75, 3.05) is 6.54 Å². The molecule has 146 valence electrons. The van der Waals surface area contributed by atoms with Crippen LogP contribution < -0.4 is 5.32 Å². The van der Waals surface area contributed by atoms with Gasteiger partial charge in [0.15, 0.2) is 0 Å². The number of benzene rings is 2. The predicted octanol–water partition coefficient (Wildman–Crippen LogP) is 3.91. The van der Waals surface area contributed by atoms with Crippen LogP contribution in [0.3, 0.4) is 0 Å². The summed E-state index contributed by atoms with van der Waals surface area (Å²) in [6.45, 7) is 2.54. The van der Waals surface area contributed by atoms with E-state index >= 15 is 0 Å². The van der Waals surface area contributed by atoms with Gasteiger partial charge in [0.2, 0.25) is 11.8 Å². The van der Waals surface area contributed by atoms with Crippen molar-refractivity contribution in [1.29, 1.82) is 0 Å². The van der Waals surface area contributed by atoms with Crippen LogP contribution in [0.25, 0.3) is 0 Å². The molecule has 0 aromatic heterocycles. The molecule has 2 aromatic carbocycles. The van der Waals surface area contributed by atoms with Gasteiger partial charge >= 0.3 is 0 Å². The quantitative estimate of drug-likeness (QED) is 0.707. The third-order valence-electron chi connectivity index (χ3n) is 4.63. The standard InChI is InChI=1S/C22H24BrN3O2/c1-16(15-17-7-9-19(23)10-8-17)24-21(27)11-12-22(28)26-14-13-20(25-26)18-5-3-2-4-6-18/h2-10,16H,11-15H2,1H3,(H,24,27). The van der Waals surface area contributed by atoms with Gasteiger partial charge < -0.3 is 5.32 Å². The zero-order valence-electron chi connectivity index (χ0n) is 15.9. The minimum absolute atomic E-state index is 0.0123. The van der Waals surface area contributed by atoms with Gasteiger partial charge in [0.05, 0.1) is 12.3 Å². The average Bonchev–Trinajstić information content (AvgIpc) is 3.19. The van der Waals surface area contributed by atoms with E-state index in [1.54, 1.807) is 0 Å². The minimum Gasteiger partial charge on any atom is -0.353 e. The Morgan fingerprint density at radius 2 is 1.82 bits per heavy atom. The maximum absolute atomic E-state index is 12.4. The molecule has 0 fully saturated rings. The number of carbonyl (C=O) groups excluding carboxylic acids is 2. The summed E-state index contributed by atoms with van der Waals surface area (Å²) in [6.07, 6.45) is 1.84. The molecule has 0 radical (unpaired) electrons. The van der Waals surface area contributed by atoms with E-state index in [0.717, 1.165) is 34.2 Å². The third kappa shape index (κ3) is 5.76. The van der Waals surface area contributed by atoms with Crippen molar-refractivity contribution in [2.45, 2.75) is 38.6 Å². The number of hydrogen-bond donors (Lipinski definition) is 1. The zero-order valence-corrected chi connectivity index (χ0v) is 17.5. The molecular formula is C22H24BrN3O2. The largest absolute Gasteiger partial charge is 0.353 e. The van der Waals surface area contributed by atoms with Crippen molar-refractivity contribution >= 4 is 33.5 Å². The molecule has 0 bridgehead atoms. The Bertz CT molecular complexity index is 850. The van der Waals surface area contributed by atoms with Gasteiger partial charge in [-0.3, -0.25) is 9.59 Å². The molecule has 2 aromatic rings. The van der Waals surface area contributed by atoms with Crippen LogP contribution in [0.4, 0.5) is 0 Å². The maximum Gasteiger partial charge on any atom is 0.243 e. The molecule has 1 N–H and O–H groups in total. The highest BCUT2D eigenvalue weighted by molar-refractivity contribution is 9.10. The Morgan fingerprint density at radius 3 is 2.54 bits per heavy atom. The van der Waals surface area contributed by atoms with Crippen LogP contribution in [0.2, 0.25) is 0 Å². The highest BCUT2D eigenvalue weighted by atomic mass is 79.9. The van der Waals surface area contributed by atoms with E-state index in [0.29, 0.717) is 6.54 Å². The summed E-state index contributed by atoms with van der Waals surface area (Å²) in [6, 6.07) is 17.9. The van der Waals surface area contributed by atoms with Crippen LogP contribution in [0.1, 0.15) is 37.3 Å². The molecule has 28 heavy (non-hydrogen) atoms. The number of halogens is 1. The van der Waals surface area contributed by atoms with Gasteiger partial charge in [-0.15, -0.1) is 0 Å². The van der Waals surface area contributed by atoms with E-state index in [1.807, 2.05) is 61.5 Å². The molecule has 1 heterocycles. The molecule has 0 saturated heterocycles. The van der Waals surface area contributed by atoms with Gasteiger partial charge in [0, 0.05) is 29.8 Å². The van der Waals surface area contributed by atoms with E-state index in [2.05, 4.69) is 26.3 Å². The third-order valence-corrected chi connectivity index (χ3v) is 5.15. The second-order valence-electron chi connectivity index (χ2n) is 6.98. The smallest absolute Gasteiger partial charge is 0.243 e. The van der Waals surface area contributed by atoms with Gasteiger partial charge in [-0.05, 0) is 36.6 Å². The lowest BCUT2D eigenvalue weighted by atomic mass is 10.1. The SMILES string of the molecule is CC(Cc1ccc(Br)cc1)NC(=O)CCC(=O)N1CCC(c2ccccc2)=N1. The Hall–Kier alpha value is -2.47. The summed E-state index contributed by atoms with van der Waals surface area (Å²) in [7, 11) is 0. The average molecular weight is 442 g/mol. The molecule has 1 unspecified atom stereocenters. The van der Waals surface area contributed by atoms with Crippen LogP contribution in [-0.2, 0) is 16.0 Å². The molecule has 0 aliphatic carbocycles. The van der Waals surface area contributed by atoms with E-state index in [1.165, 1.54) is 5.01 Å². The van der Waals surface area contributed by atoms with Crippen molar-refractivity contribution < 1.29 is 9.59 Å². The van der Waals surface area contributed by atoms with E-state index < -0.39 is 0 Å². The summed E-state index contributed by atoms with van der Waals surface area (Å²) < 4.78 is 1.03. The second kappa shape index (κ2) is 9.64. The molecule has 1 aliphatic rings. The van der Waals surface area contributed by atoms with Gasteiger partial charge in [-0.1, -0.05) is 58.4 Å². The lowest BCUT2D eigenvalue weighted by Crippen LogP contribution is -2.35. The van der Waals surface area contributed by atoms with Crippen LogP contribution >= 0.6 is 15.9 Å². The fourth-order valence-corrected chi connectivity index (χ4v) is 3.46. The van der Waals surface area contributed by atoms with E-state index in [4.69, 9.17) is 0 Å². The molecule has 5 nitrogen and oxygen atoms in total. The van der Waals surface area contributed by atoms with Gasteiger partial charge in [0.1, 0.15) is 0 Å². The highest BCUT2D eigenvalue weighted by Crippen LogP contribution is 2.15. The molecule has 2 amide bonds. The number of hydrogen-bond acceptors (Lipinski definition) is 3. The number of carbonyl (C=O) groups is 2. The zero-order chi connectivity index (χ0) is 19.9. The van der Waals surface area contributed by atoms with E-state index in [-0.39, 0.29) is 30.7 Å². The van der Waals surface area contributed by atoms with Crippen LogP contribution in [0.5, 0.6) is 0 Å². The maximum atomic E-state index is 12.4. The van der Waals surface area contributed by atoms with Crippen molar-refractivity contribution in [2.24, 2.45) is 5.10 Å². The lowest BCUT2D eigenvalue weighted by Gasteiger charge is -2.15. The molecule has 0 spiro atoms. The summed E-state index contributed by atoms with van der Waals surface area (Å²) in [5, 5.41) is 8.88. The minimum atomic E-state index is -0.110. The first-order valence-corrected chi connectivity index (χ1v) is 10.3. The van der Waals surface area contributed by atoms with Crippen LogP contribution in [0, 0.1) is 0 Å². The predicted molar refractivity (Wildman–Crippen MR) is 114 cm³/mol. The molecule has 0 saturated carbocycles. The Labute approximate surface area is 173 Å². The van der Waals surface area contributed by atoms with E-state index in [9.17, 15) is 9.59 Å². The van der Waals surface area contributed by atoms with Gasteiger partial charge in [0.25, 0.3) is 0 Å². The van der Waals surface area contributed by atoms with Crippen molar-refractivity contribution in [3.05, 3.63) is 70.2 Å².